The number of allylic oxidation sites excluding steroid dienone is 2. The number of hydrogen-bond acceptors (Lipinski definition) is 2. The van der Waals surface area contributed by atoms with E-state index in [-0.39, 0.29) is 5.41 Å². The van der Waals surface area contributed by atoms with Crippen LogP contribution < -0.4 is 4.74 Å². The molecule has 1 aromatic carbocycles. The third kappa shape index (κ3) is 1.53. The van der Waals surface area contributed by atoms with Crippen molar-refractivity contribution in [2.75, 3.05) is 7.11 Å². The van der Waals surface area contributed by atoms with E-state index in [1.807, 2.05) is 0 Å². The summed E-state index contributed by atoms with van der Waals surface area (Å²) in [5.41, 5.74) is 6.02. The van der Waals surface area contributed by atoms with Crippen LogP contribution in [0.1, 0.15) is 50.2 Å². The van der Waals surface area contributed by atoms with Gasteiger partial charge in [-0.1, -0.05) is 19.4 Å². The van der Waals surface area contributed by atoms with Crippen molar-refractivity contribution >= 4 is 5.78 Å². The lowest BCUT2D eigenvalue weighted by Gasteiger charge is -2.50. The van der Waals surface area contributed by atoms with Crippen LogP contribution in [0.25, 0.3) is 0 Å². The molecule has 1 aromatic rings. The molecular formula is C21H24O2. The number of ether oxygens (including phenoxy) is 1. The summed E-state index contributed by atoms with van der Waals surface area (Å²) in [6, 6.07) is 6.66. The zero-order valence-electron chi connectivity index (χ0n) is 14.0. The maximum Gasteiger partial charge on any atom is 0.158 e. The predicted molar refractivity (Wildman–Crippen MR) is 89.6 cm³/mol. The zero-order chi connectivity index (χ0) is 15.8. The molecule has 0 radical (unpaired) electrons. The molecule has 2 saturated carbocycles. The molecule has 5 rings (SSSR count). The van der Waals surface area contributed by atoms with Crippen LogP contribution in [-0.2, 0) is 16.6 Å². The van der Waals surface area contributed by atoms with Gasteiger partial charge >= 0.3 is 0 Å². The zero-order valence-corrected chi connectivity index (χ0v) is 14.0. The highest BCUT2D eigenvalue weighted by atomic mass is 16.5. The summed E-state index contributed by atoms with van der Waals surface area (Å²) in [6.45, 7) is 2.22. The highest BCUT2D eigenvalue weighted by molar-refractivity contribution is 5.99. The van der Waals surface area contributed by atoms with Crippen LogP contribution in [0, 0.1) is 17.8 Å². The van der Waals surface area contributed by atoms with Crippen LogP contribution in [0.4, 0.5) is 0 Å². The number of ketones is 1. The highest BCUT2D eigenvalue weighted by Gasteiger charge is 2.77. The molecule has 4 atom stereocenters. The second kappa shape index (κ2) is 4.49. The van der Waals surface area contributed by atoms with Crippen LogP contribution >= 0.6 is 0 Å². The normalized spacial score (nSPS) is 35.9. The van der Waals surface area contributed by atoms with E-state index in [1.54, 1.807) is 12.7 Å². The Morgan fingerprint density at radius 1 is 1.35 bits per heavy atom. The molecular weight excluding hydrogens is 284 g/mol. The maximum absolute atomic E-state index is 12.6. The molecule has 2 heteroatoms. The molecule has 4 unspecified atom stereocenters. The van der Waals surface area contributed by atoms with E-state index < -0.39 is 0 Å². The number of methoxy groups -OCH3 is 1. The van der Waals surface area contributed by atoms with Gasteiger partial charge in [0.05, 0.1) is 7.11 Å². The second-order valence-corrected chi connectivity index (χ2v) is 7.83. The van der Waals surface area contributed by atoms with Crippen LogP contribution in [-0.4, -0.2) is 12.9 Å². The summed E-state index contributed by atoms with van der Waals surface area (Å²) in [7, 11) is 1.75. The molecule has 0 bridgehead atoms. The van der Waals surface area contributed by atoms with Gasteiger partial charge in [-0.15, -0.1) is 0 Å². The van der Waals surface area contributed by atoms with Crippen molar-refractivity contribution in [3.63, 3.8) is 0 Å². The number of carbonyl (C=O) groups is 1. The number of hydrogen-bond donors (Lipinski definition) is 0. The summed E-state index contributed by atoms with van der Waals surface area (Å²) >= 11 is 0. The number of rotatable bonds is 4. The minimum Gasteiger partial charge on any atom is -0.497 e. The average Bonchev–Trinajstić information content (AvgIpc) is 3.24. The summed E-state index contributed by atoms with van der Waals surface area (Å²) in [4.78, 5) is 12.6. The van der Waals surface area contributed by atoms with Gasteiger partial charge in [0.1, 0.15) is 5.75 Å². The third-order valence-electron chi connectivity index (χ3n) is 6.99. The third-order valence-corrected chi connectivity index (χ3v) is 6.99. The summed E-state index contributed by atoms with van der Waals surface area (Å²) in [5, 5.41) is 0. The Bertz CT molecular complexity index is 744. The van der Waals surface area contributed by atoms with E-state index >= 15 is 0 Å². The molecule has 0 aliphatic heterocycles. The van der Waals surface area contributed by atoms with E-state index in [4.69, 9.17) is 4.74 Å². The number of Topliss-reactive ketones (excluding diaryl/α,β-unsaturated/α-hetero) is 1. The van der Waals surface area contributed by atoms with Crippen LogP contribution in [0.3, 0.4) is 0 Å². The van der Waals surface area contributed by atoms with Gasteiger partial charge in [-0.2, -0.15) is 0 Å². The molecule has 0 heterocycles. The lowest BCUT2D eigenvalue weighted by atomic mass is 9.52. The van der Waals surface area contributed by atoms with Crippen LogP contribution in [0.5, 0.6) is 5.75 Å². The topological polar surface area (TPSA) is 26.3 Å². The van der Waals surface area contributed by atoms with Gasteiger partial charge in [0.2, 0.25) is 0 Å². The lowest BCUT2D eigenvalue weighted by Crippen LogP contribution is -2.46. The van der Waals surface area contributed by atoms with Crippen molar-refractivity contribution < 1.29 is 9.53 Å². The monoisotopic (exact) mass is 308 g/mol. The lowest BCUT2D eigenvalue weighted by molar-refractivity contribution is -0.117. The van der Waals surface area contributed by atoms with Gasteiger partial charge in [0.15, 0.2) is 5.78 Å². The van der Waals surface area contributed by atoms with Crippen molar-refractivity contribution in [3.8, 4) is 5.75 Å². The fourth-order valence-corrected chi connectivity index (χ4v) is 6.10. The van der Waals surface area contributed by atoms with Gasteiger partial charge in [-0.3, -0.25) is 4.79 Å². The predicted octanol–water partition coefficient (Wildman–Crippen LogP) is 4.21. The second-order valence-electron chi connectivity index (χ2n) is 7.83. The number of carbonyl (C=O) groups excluding carboxylic acids is 1. The molecule has 120 valence electrons. The highest BCUT2D eigenvalue weighted by Crippen LogP contribution is 2.81. The molecule has 23 heavy (non-hydrogen) atoms. The molecule has 2 nitrogen and oxygen atoms in total. The van der Waals surface area contributed by atoms with Crippen LogP contribution in [0.2, 0.25) is 0 Å². The first-order valence-electron chi connectivity index (χ1n) is 9.16. The van der Waals surface area contributed by atoms with Crippen molar-refractivity contribution in [1.29, 1.82) is 0 Å². The summed E-state index contributed by atoms with van der Waals surface area (Å²) < 4.78 is 5.44. The maximum atomic E-state index is 12.6. The summed E-state index contributed by atoms with van der Waals surface area (Å²) in [6.07, 6.45) is 6.31. The van der Waals surface area contributed by atoms with Crippen molar-refractivity contribution in [1.82, 2.24) is 0 Å². The first kappa shape index (κ1) is 13.8. The van der Waals surface area contributed by atoms with Gasteiger partial charge in [-0.05, 0) is 77.8 Å². The molecule has 4 aliphatic carbocycles. The van der Waals surface area contributed by atoms with E-state index in [1.165, 1.54) is 29.5 Å². The Morgan fingerprint density at radius 3 is 3.00 bits per heavy atom. The van der Waals surface area contributed by atoms with Crippen molar-refractivity contribution in [2.24, 2.45) is 17.8 Å². The Kier molecular flexibility index (Phi) is 2.70. The van der Waals surface area contributed by atoms with Crippen molar-refractivity contribution in [3.05, 3.63) is 40.5 Å². The summed E-state index contributed by atoms with van der Waals surface area (Å²) in [5.74, 6) is 3.78. The van der Waals surface area contributed by atoms with E-state index in [2.05, 4.69) is 25.1 Å². The molecule has 1 spiro atoms. The Morgan fingerprint density at radius 2 is 2.22 bits per heavy atom. The minimum absolute atomic E-state index is 0.228. The van der Waals surface area contributed by atoms with E-state index in [9.17, 15) is 4.79 Å². The number of fused-ring (bicyclic) bond motifs is 3. The fourth-order valence-electron chi connectivity index (χ4n) is 6.10. The molecule has 0 saturated heterocycles. The molecule has 0 aromatic heterocycles. The Hall–Kier alpha value is -1.57. The van der Waals surface area contributed by atoms with Gasteiger partial charge in [-0.25, -0.2) is 0 Å². The van der Waals surface area contributed by atoms with Gasteiger partial charge in [0, 0.05) is 11.8 Å². The van der Waals surface area contributed by atoms with Crippen LogP contribution in [0.15, 0.2) is 29.3 Å². The Labute approximate surface area is 137 Å². The smallest absolute Gasteiger partial charge is 0.158 e. The first-order chi connectivity index (χ1) is 11.2. The molecule has 0 N–H and O–H groups in total. The average molecular weight is 308 g/mol. The van der Waals surface area contributed by atoms with E-state index in [0.29, 0.717) is 5.78 Å². The molecule has 0 amide bonds. The number of unbranched alkanes of at least 4 members (excludes halogenated alkanes) is 1. The fraction of sp³-hybridized carbons (Fsp3) is 0.571. The Balaban J connectivity index is 1.66. The number of benzene rings is 1. The molecule has 4 aliphatic rings. The van der Waals surface area contributed by atoms with E-state index in [0.717, 1.165) is 49.2 Å². The molecule has 2 fully saturated rings. The largest absolute Gasteiger partial charge is 0.497 e. The standard InChI is InChI=1S/C21H24O2/c1-3-4-5-14-17(22)8-9-21-16-7-6-13(23-2)10-12(16)11-15-18(19(14)21)20(15)21/h6-7,10,15,18,20H,3-5,8-9,11H2,1-2H3. The first-order valence-corrected chi connectivity index (χ1v) is 9.16. The minimum atomic E-state index is 0.228. The SMILES string of the molecule is CCCCC1=C2C3C4Cc5cc(OC)ccc5C2(CCC1=O)C43. The quantitative estimate of drug-likeness (QED) is 0.832. The van der Waals surface area contributed by atoms with Gasteiger partial charge < -0.3 is 4.74 Å². The van der Waals surface area contributed by atoms with Crippen molar-refractivity contribution in [2.45, 2.75) is 50.9 Å². The van der Waals surface area contributed by atoms with Gasteiger partial charge in [0.25, 0.3) is 0 Å².